The van der Waals surface area contributed by atoms with E-state index < -0.39 is 0 Å². The number of ether oxygens (including phenoxy) is 1. The van der Waals surface area contributed by atoms with Crippen molar-refractivity contribution < 1.29 is 9.53 Å². The van der Waals surface area contributed by atoms with Crippen LogP contribution in [0.5, 0.6) is 0 Å². The Morgan fingerprint density at radius 3 is 2.80 bits per heavy atom. The minimum absolute atomic E-state index is 0.251. The van der Waals surface area contributed by atoms with Crippen LogP contribution in [0.25, 0.3) is 0 Å². The number of allylic oxidation sites excluding steroid dienone is 2. The standard InChI is InChI=1S/C21H20BrNO2/c1-2-25-21(24)14-8-11-19-18(12-14)16-4-3-5-17(16)20(23-19)13-6-9-15(22)10-7-13/h3-4,6-12,16-17,20,23H,2,5H2,1H3/t16-,17+,20-/m0/s1. The number of halogens is 1. The number of carbonyl (C=O) groups excluding carboxylic acids is 1. The lowest BCUT2D eigenvalue weighted by Gasteiger charge is -2.37. The number of hydrogen-bond acceptors (Lipinski definition) is 3. The van der Waals surface area contributed by atoms with Gasteiger partial charge in [-0.3, -0.25) is 0 Å². The lowest BCUT2D eigenvalue weighted by Crippen LogP contribution is -2.29. The molecule has 0 fully saturated rings. The van der Waals surface area contributed by atoms with Crippen LogP contribution in [0.3, 0.4) is 0 Å². The third-order valence-corrected chi connectivity index (χ3v) is 5.63. The summed E-state index contributed by atoms with van der Waals surface area (Å²) in [6, 6.07) is 14.7. The molecule has 1 heterocycles. The topological polar surface area (TPSA) is 38.3 Å². The van der Waals surface area contributed by atoms with Crippen molar-refractivity contribution in [1.29, 1.82) is 0 Å². The molecule has 4 heteroatoms. The van der Waals surface area contributed by atoms with Crippen LogP contribution < -0.4 is 5.32 Å². The highest BCUT2D eigenvalue weighted by Crippen LogP contribution is 2.50. The van der Waals surface area contributed by atoms with Crippen molar-refractivity contribution in [3.05, 3.63) is 75.8 Å². The number of carbonyl (C=O) groups is 1. The quantitative estimate of drug-likeness (QED) is 0.552. The summed E-state index contributed by atoms with van der Waals surface area (Å²) in [6.07, 6.45) is 5.58. The molecule has 4 rings (SSSR count). The fourth-order valence-electron chi connectivity index (χ4n) is 3.94. The van der Waals surface area contributed by atoms with Crippen LogP contribution >= 0.6 is 15.9 Å². The van der Waals surface area contributed by atoms with Crippen LogP contribution in [0, 0.1) is 5.92 Å². The summed E-state index contributed by atoms with van der Waals surface area (Å²) in [5.41, 5.74) is 4.22. The summed E-state index contributed by atoms with van der Waals surface area (Å²) in [6.45, 7) is 2.22. The van der Waals surface area contributed by atoms with Crippen molar-refractivity contribution in [3.63, 3.8) is 0 Å². The molecule has 0 saturated heterocycles. The second-order valence-electron chi connectivity index (χ2n) is 6.55. The Morgan fingerprint density at radius 1 is 1.24 bits per heavy atom. The van der Waals surface area contributed by atoms with E-state index in [4.69, 9.17) is 4.74 Å². The molecule has 0 spiro atoms. The van der Waals surface area contributed by atoms with Crippen molar-refractivity contribution in [2.45, 2.75) is 25.3 Å². The first kappa shape index (κ1) is 16.4. The maximum atomic E-state index is 12.1. The fourth-order valence-corrected chi connectivity index (χ4v) is 4.20. The number of benzene rings is 2. The van der Waals surface area contributed by atoms with Crippen LogP contribution in [0.2, 0.25) is 0 Å². The summed E-state index contributed by atoms with van der Waals surface area (Å²) >= 11 is 3.51. The minimum atomic E-state index is -0.251. The van der Waals surface area contributed by atoms with Gasteiger partial charge >= 0.3 is 5.97 Å². The van der Waals surface area contributed by atoms with Gasteiger partial charge < -0.3 is 10.1 Å². The lowest BCUT2D eigenvalue weighted by atomic mass is 9.76. The molecule has 1 aliphatic carbocycles. The second kappa shape index (κ2) is 6.68. The Labute approximate surface area is 156 Å². The van der Waals surface area contributed by atoms with Crippen LogP contribution in [-0.4, -0.2) is 12.6 Å². The zero-order chi connectivity index (χ0) is 17.4. The molecule has 0 amide bonds. The third kappa shape index (κ3) is 2.99. The lowest BCUT2D eigenvalue weighted by molar-refractivity contribution is 0.0526. The van der Waals surface area contributed by atoms with Crippen LogP contribution in [0.1, 0.15) is 46.8 Å². The van der Waals surface area contributed by atoms with Gasteiger partial charge in [0.1, 0.15) is 0 Å². The summed E-state index contributed by atoms with van der Waals surface area (Å²) in [5, 5.41) is 3.69. The van der Waals surface area contributed by atoms with E-state index in [0.717, 1.165) is 16.6 Å². The Bertz CT molecular complexity index is 828. The van der Waals surface area contributed by atoms with Gasteiger partial charge in [-0.15, -0.1) is 0 Å². The largest absolute Gasteiger partial charge is 0.462 e. The molecule has 128 valence electrons. The van der Waals surface area contributed by atoms with Crippen molar-refractivity contribution in [2.24, 2.45) is 5.92 Å². The molecular weight excluding hydrogens is 378 g/mol. The van der Waals surface area contributed by atoms with Crippen LogP contribution in [0.4, 0.5) is 5.69 Å². The third-order valence-electron chi connectivity index (χ3n) is 5.10. The number of rotatable bonds is 3. The van der Waals surface area contributed by atoms with Crippen molar-refractivity contribution in [3.8, 4) is 0 Å². The van der Waals surface area contributed by atoms with Crippen LogP contribution in [0.15, 0.2) is 59.1 Å². The van der Waals surface area contributed by atoms with E-state index in [-0.39, 0.29) is 12.0 Å². The maximum absolute atomic E-state index is 12.1. The number of esters is 1. The molecule has 1 aliphatic heterocycles. The molecule has 3 atom stereocenters. The SMILES string of the molecule is CCOC(=O)c1ccc2c(c1)[C@H]1C=CC[C@H]1[C@H](c1ccc(Br)cc1)N2. The highest BCUT2D eigenvalue weighted by Gasteiger charge is 2.38. The molecule has 25 heavy (non-hydrogen) atoms. The van der Waals surface area contributed by atoms with Gasteiger partial charge in [0, 0.05) is 16.1 Å². The molecule has 2 aliphatic rings. The van der Waals surface area contributed by atoms with Gasteiger partial charge in [0.15, 0.2) is 0 Å². The Morgan fingerprint density at radius 2 is 2.04 bits per heavy atom. The first-order valence-electron chi connectivity index (χ1n) is 8.67. The summed E-state index contributed by atoms with van der Waals surface area (Å²) in [7, 11) is 0. The average Bonchev–Trinajstić information content (AvgIpc) is 3.11. The van der Waals surface area contributed by atoms with Crippen molar-refractivity contribution in [1.82, 2.24) is 0 Å². The number of hydrogen-bond donors (Lipinski definition) is 1. The van der Waals surface area contributed by atoms with Gasteiger partial charge in [-0.05, 0) is 60.7 Å². The highest BCUT2D eigenvalue weighted by atomic mass is 79.9. The Kier molecular flexibility index (Phi) is 4.38. The number of anilines is 1. The van der Waals surface area contributed by atoms with Gasteiger partial charge in [-0.25, -0.2) is 4.79 Å². The average molecular weight is 398 g/mol. The second-order valence-corrected chi connectivity index (χ2v) is 7.47. The van der Waals surface area contributed by atoms with Crippen molar-refractivity contribution >= 4 is 27.6 Å². The predicted octanol–water partition coefficient (Wildman–Crippen LogP) is 5.45. The van der Waals surface area contributed by atoms with Gasteiger partial charge in [-0.2, -0.15) is 0 Å². The molecule has 3 nitrogen and oxygen atoms in total. The fraction of sp³-hybridized carbons (Fsp3) is 0.286. The molecule has 0 unspecified atom stereocenters. The number of nitrogens with one attached hydrogen (secondary N) is 1. The normalized spacial score (nSPS) is 23.5. The Hall–Kier alpha value is -2.07. The van der Waals surface area contributed by atoms with E-state index in [9.17, 15) is 4.79 Å². The van der Waals surface area contributed by atoms with E-state index in [2.05, 4.69) is 57.7 Å². The van der Waals surface area contributed by atoms with E-state index in [1.807, 2.05) is 25.1 Å². The van der Waals surface area contributed by atoms with E-state index in [0.29, 0.717) is 24.0 Å². The molecule has 0 aromatic heterocycles. The zero-order valence-electron chi connectivity index (χ0n) is 14.0. The zero-order valence-corrected chi connectivity index (χ0v) is 15.6. The summed E-state index contributed by atoms with van der Waals surface area (Å²) in [5.74, 6) is 0.546. The number of fused-ring (bicyclic) bond motifs is 3. The van der Waals surface area contributed by atoms with Gasteiger partial charge in [0.2, 0.25) is 0 Å². The minimum Gasteiger partial charge on any atom is -0.462 e. The van der Waals surface area contributed by atoms with Gasteiger partial charge in [0.25, 0.3) is 0 Å². The predicted molar refractivity (Wildman–Crippen MR) is 103 cm³/mol. The molecule has 2 aromatic carbocycles. The van der Waals surface area contributed by atoms with Crippen LogP contribution in [-0.2, 0) is 4.74 Å². The molecular formula is C21H20BrNO2. The molecule has 1 N–H and O–H groups in total. The Balaban J connectivity index is 1.71. The molecule has 0 bridgehead atoms. The smallest absolute Gasteiger partial charge is 0.338 e. The van der Waals surface area contributed by atoms with Gasteiger partial charge in [0.05, 0.1) is 18.2 Å². The van der Waals surface area contributed by atoms with E-state index in [1.54, 1.807) is 0 Å². The monoisotopic (exact) mass is 397 g/mol. The van der Waals surface area contributed by atoms with Gasteiger partial charge in [-0.1, -0.05) is 40.2 Å². The molecule has 0 radical (unpaired) electrons. The van der Waals surface area contributed by atoms with Crippen molar-refractivity contribution in [2.75, 3.05) is 11.9 Å². The summed E-state index contributed by atoms with van der Waals surface area (Å²) in [4.78, 5) is 12.1. The molecule has 2 aromatic rings. The van der Waals surface area contributed by atoms with E-state index >= 15 is 0 Å². The summed E-state index contributed by atoms with van der Waals surface area (Å²) < 4.78 is 6.24. The first-order valence-corrected chi connectivity index (χ1v) is 9.46. The first-order chi connectivity index (χ1) is 12.2. The van der Waals surface area contributed by atoms with E-state index in [1.165, 1.54) is 11.1 Å². The molecule has 0 saturated carbocycles. The maximum Gasteiger partial charge on any atom is 0.338 e. The highest BCUT2D eigenvalue weighted by molar-refractivity contribution is 9.10.